The van der Waals surface area contributed by atoms with Gasteiger partial charge in [0.1, 0.15) is 12.4 Å². The number of nitrogens with two attached hydrogens (primary N) is 1. The molecular weight excluding hydrogens is 264 g/mol. The molecule has 4 nitrogen and oxygen atoms in total. The average Bonchev–Trinajstić information content (AvgIpc) is 2.50. The van der Waals surface area contributed by atoms with Gasteiger partial charge in [-0.05, 0) is 42.7 Å². The SMILES string of the molecule is Cc1ccc(N)c(NC(=O)C2COc3ccccc3C2)c1. The van der Waals surface area contributed by atoms with E-state index in [-0.39, 0.29) is 11.8 Å². The molecule has 21 heavy (non-hydrogen) atoms. The Hall–Kier alpha value is -2.49. The van der Waals surface area contributed by atoms with E-state index in [1.807, 2.05) is 43.3 Å². The average molecular weight is 282 g/mol. The van der Waals surface area contributed by atoms with E-state index in [2.05, 4.69) is 5.32 Å². The number of aryl methyl sites for hydroxylation is 1. The van der Waals surface area contributed by atoms with Crippen LogP contribution in [0.1, 0.15) is 11.1 Å². The fourth-order valence-corrected chi connectivity index (χ4v) is 2.51. The normalized spacial score (nSPS) is 16.7. The third-order valence-corrected chi connectivity index (χ3v) is 3.72. The largest absolute Gasteiger partial charge is 0.492 e. The van der Waals surface area contributed by atoms with Gasteiger partial charge in [0, 0.05) is 0 Å². The minimum Gasteiger partial charge on any atom is -0.492 e. The van der Waals surface area contributed by atoms with Crippen LogP contribution < -0.4 is 15.8 Å². The summed E-state index contributed by atoms with van der Waals surface area (Å²) in [6.45, 7) is 2.36. The van der Waals surface area contributed by atoms with Gasteiger partial charge in [0.05, 0.1) is 17.3 Å². The Morgan fingerprint density at radius 1 is 1.29 bits per heavy atom. The highest BCUT2D eigenvalue weighted by Gasteiger charge is 2.26. The maximum absolute atomic E-state index is 12.4. The molecule has 0 bridgehead atoms. The summed E-state index contributed by atoms with van der Waals surface area (Å²) in [5.41, 5.74) is 9.27. The highest BCUT2D eigenvalue weighted by Crippen LogP contribution is 2.28. The third-order valence-electron chi connectivity index (χ3n) is 3.72. The molecule has 0 saturated heterocycles. The van der Waals surface area contributed by atoms with Crippen molar-refractivity contribution in [3.05, 3.63) is 53.6 Å². The molecule has 4 heteroatoms. The van der Waals surface area contributed by atoms with Gasteiger partial charge in [-0.3, -0.25) is 4.79 Å². The van der Waals surface area contributed by atoms with Gasteiger partial charge in [-0.15, -0.1) is 0 Å². The number of nitrogen functional groups attached to an aromatic ring is 1. The van der Waals surface area contributed by atoms with E-state index in [1.54, 1.807) is 6.07 Å². The Balaban J connectivity index is 1.74. The molecule has 0 fully saturated rings. The summed E-state index contributed by atoms with van der Waals surface area (Å²) < 4.78 is 5.66. The summed E-state index contributed by atoms with van der Waals surface area (Å²) in [6.07, 6.45) is 0.688. The van der Waals surface area contributed by atoms with E-state index < -0.39 is 0 Å². The molecule has 2 aromatic rings. The minimum absolute atomic E-state index is 0.0539. The fourth-order valence-electron chi connectivity index (χ4n) is 2.51. The molecule has 108 valence electrons. The highest BCUT2D eigenvalue weighted by atomic mass is 16.5. The van der Waals surface area contributed by atoms with Gasteiger partial charge in [-0.25, -0.2) is 0 Å². The quantitative estimate of drug-likeness (QED) is 0.832. The number of fused-ring (bicyclic) bond motifs is 1. The van der Waals surface area contributed by atoms with Crippen molar-refractivity contribution in [1.82, 2.24) is 0 Å². The van der Waals surface area contributed by atoms with Gasteiger partial charge >= 0.3 is 0 Å². The zero-order valence-electron chi connectivity index (χ0n) is 11.9. The number of benzene rings is 2. The Morgan fingerprint density at radius 3 is 2.95 bits per heavy atom. The summed E-state index contributed by atoms with van der Waals surface area (Å²) in [5.74, 6) is 0.623. The molecule has 1 aliphatic heterocycles. The number of hydrogen-bond donors (Lipinski definition) is 2. The number of amides is 1. The van der Waals surface area contributed by atoms with Crippen molar-refractivity contribution >= 4 is 17.3 Å². The maximum Gasteiger partial charge on any atom is 0.231 e. The predicted octanol–water partition coefficient (Wildman–Crippen LogP) is 2.77. The van der Waals surface area contributed by atoms with Crippen LogP contribution in [-0.4, -0.2) is 12.5 Å². The molecule has 0 aromatic heterocycles. The first-order valence-corrected chi connectivity index (χ1v) is 7.01. The van der Waals surface area contributed by atoms with E-state index in [4.69, 9.17) is 10.5 Å². The molecule has 2 aromatic carbocycles. The maximum atomic E-state index is 12.4. The van der Waals surface area contributed by atoms with Gasteiger partial charge in [0.15, 0.2) is 0 Å². The van der Waals surface area contributed by atoms with E-state index in [0.29, 0.717) is 24.4 Å². The smallest absolute Gasteiger partial charge is 0.231 e. The van der Waals surface area contributed by atoms with Crippen LogP contribution in [0.5, 0.6) is 5.75 Å². The number of para-hydroxylation sites is 1. The van der Waals surface area contributed by atoms with Crippen LogP contribution in [0.15, 0.2) is 42.5 Å². The van der Waals surface area contributed by atoms with Crippen molar-refractivity contribution in [3.63, 3.8) is 0 Å². The van der Waals surface area contributed by atoms with Gasteiger partial charge in [-0.1, -0.05) is 24.3 Å². The number of carbonyl (C=O) groups excluding carboxylic acids is 1. The lowest BCUT2D eigenvalue weighted by molar-refractivity contribution is -0.121. The predicted molar refractivity (Wildman–Crippen MR) is 83.4 cm³/mol. The molecule has 1 unspecified atom stereocenters. The van der Waals surface area contributed by atoms with Crippen LogP contribution in [0.25, 0.3) is 0 Å². The van der Waals surface area contributed by atoms with Crippen molar-refractivity contribution in [1.29, 1.82) is 0 Å². The summed E-state index contributed by atoms with van der Waals surface area (Å²) in [5, 5.41) is 2.91. The summed E-state index contributed by atoms with van der Waals surface area (Å²) >= 11 is 0. The molecule has 1 atom stereocenters. The first-order chi connectivity index (χ1) is 10.1. The molecule has 3 N–H and O–H groups in total. The van der Waals surface area contributed by atoms with Crippen molar-refractivity contribution in [2.45, 2.75) is 13.3 Å². The fraction of sp³-hybridized carbons (Fsp3) is 0.235. The lowest BCUT2D eigenvalue weighted by Gasteiger charge is -2.24. The molecule has 0 saturated carbocycles. The van der Waals surface area contributed by atoms with Crippen molar-refractivity contribution in [3.8, 4) is 5.75 Å². The lowest BCUT2D eigenvalue weighted by Crippen LogP contribution is -2.32. The Kier molecular flexibility index (Phi) is 3.52. The first kappa shape index (κ1) is 13.5. The van der Waals surface area contributed by atoms with Crippen LogP contribution in [-0.2, 0) is 11.2 Å². The molecule has 1 heterocycles. The second-order valence-electron chi connectivity index (χ2n) is 5.40. The lowest BCUT2D eigenvalue weighted by atomic mass is 9.96. The van der Waals surface area contributed by atoms with Gasteiger partial charge < -0.3 is 15.8 Å². The summed E-state index contributed by atoms with van der Waals surface area (Å²) in [6, 6.07) is 13.4. The van der Waals surface area contributed by atoms with Crippen LogP contribution in [0.4, 0.5) is 11.4 Å². The number of anilines is 2. The second-order valence-corrected chi connectivity index (χ2v) is 5.40. The van der Waals surface area contributed by atoms with Crippen molar-refractivity contribution in [2.75, 3.05) is 17.7 Å². The van der Waals surface area contributed by atoms with E-state index in [1.165, 1.54) is 0 Å². The molecule has 0 radical (unpaired) electrons. The van der Waals surface area contributed by atoms with Crippen LogP contribution >= 0.6 is 0 Å². The summed E-state index contributed by atoms with van der Waals surface area (Å²) in [7, 11) is 0. The zero-order chi connectivity index (χ0) is 14.8. The standard InChI is InChI=1S/C17H18N2O2/c1-11-6-7-14(18)15(8-11)19-17(20)13-9-12-4-2-3-5-16(12)21-10-13/h2-8,13H,9-10,18H2,1H3,(H,19,20). The van der Waals surface area contributed by atoms with Crippen molar-refractivity contribution < 1.29 is 9.53 Å². The molecule has 0 aliphatic carbocycles. The number of nitrogens with one attached hydrogen (secondary N) is 1. The van der Waals surface area contributed by atoms with Gasteiger partial charge in [-0.2, -0.15) is 0 Å². The minimum atomic E-state index is -0.195. The zero-order valence-corrected chi connectivity index (χ0v) is 11.9. The topological polar surface area (TPSA) is 64.3 Å². The number of ether oxygens (including phenoxy) is 1. The third kappa shape index (κ3) is 2.84. The highest BCUT2D eigenvalue weighted by molar-refractivity contribution is 5.95. The Labute approximate surface area is 123 Å². The van der Waals surface area contributed by atoms with E-state index in [0.717, 1.165) is 16.9 Å². The van der Waals surface area contributed by atoms with Crippen LogP contribution in [0, 0.1) is 12.8 Å². The molecule has 3 rings (SSSR count). The Morgan fingerprint density at radius 2 is 2.10 bits per heavy atom. The van der Waals surface area contributed by atoms with Gasteiger partial charge in [0.25, 0.3) is 0 Å². The molecule has 1 amide bonds. The molecule has 1 aliphatic rings. The summed E-state index contributed by atoms with van der Waals surface area (Å²) in [4.78, 5) is 12.4. The molecule has 0 spiro atoms. The van der Waals surface area contributed by atoms with Crippen molar-refractivity contribution in [2.24, 2.45) is 5.92 Å². The van der Waals surface area contributed by atoms with E-state index in [9.17, 15) is 4.79 Å². The Bertz CT molecular complexity index is 682. The number of rotatable bonds is 2. The second kappa shape index (κ2) is 5.48. The van der Waals surface area contributed by atoms with Crippen LogP contribution in [0.2, 0.25) is 0 Å². The monoisotopic (exact) mass is 282 g/mol. The van der Waals surface area contributed by atoms with Crippen LogP contribution in [0.3, 0.4) is 0 Å². The van der Waals surface area contributed by atoms with Gasteiger partial charge in [0.2, 0.25) is 5.91 Å². The first-order valence-electron chi connectivity index (χ1n) is 7.01. The number of carbonyl (C=O) groups is 1. The number of hydrogen-bond acceptors (Lipinski definition) is 3. The molecular formula is C17H18N2O2. The van der Waals surface area contributed by atoms with E-state index >= 15 is 0 Å².